The van der Waals surface area contributed by atoms with Crippen molar-refractivity contribution >= 4 is 16.5 Å². The van der Waals surface area contributed by atoms with E-state index in [0.717, 1.165) is 29.4 Å². The van der Waals surface area contributed by atoms with Crippen molar-refractivity contribution < 1.29 is 4.52 Å². The van der Waals surface area contributed by atoms with Crippen LogP contribution in [0.5, 0.6) is 0 Å². The molecule has 0 aliphatic heterocycles. The smallest absolute Gasteiger partial charge is 0.180 e. The Morgan fingerprint density at radius 1 is 1.50 bits per heavy atom. The summed E-state index contributed by atoms with van der Waals surface area (Å²) >= 11 is 1.51. The van der Waals surface area contributed by atoms with Gasteiger partial charge < -0.3 is 10.3 Å². The molecule has 0 aliphatic carbocycles. The first-order valence-corrected chi connectivity index (χ1v) is 5.76. The van der Waals surface area contributed by atoms with Crippen LogP contribution in [-0.2, 0) is 13.1 Å². The Labute approximate surface area is 97.9 Å². The van der Waals surface area contributed by atoms with E-state index in [1.165, 1.54) is 11.3 Å². The van der Waals surface area contributed by atoms with E-state index < -0.39 is 0 Å². The molecule has 6 heteroatoms. The molecule has 0 bridgehead atoms. The average molecular weight is 238 g/mol. The molecule has 86 valence electrons. The van der Waals surface area contributed by atoms with Gasteiger partial charge in [-0.05, 0) is 14.0 Å². The molecule has 0 amide bonds. The first-order chi connectivity index (χ1) is 7.63. The summed E-state index contributed by atoms with van der Waals surface area (Å²) < 4.78 is 5.01. The van der Waals surface area contributed by atoms with Gasteiger partial charge in [0.05, 0.1) is 5.69 Å². The first kappa shape index (κ1) is 11.1. The lowest BCUT2D eigenvalue weighted by Crippen LogP contribution is -2.16. The number of aryl methyl sites for hydroxylation is 1. The molecule has 0 saturated heterocycles. The van der Waals surface area contributed by atoms with E-state index in [2.05, 4.69) is 15.0 Å². The number of hydrogen-bond acceptors (Lipinski definition) is 6. The Kier molecular flexibility index (Phi) is 3.21. The van der Waals surface area contributed by atoms with Crippen molar-refractivity contribution in [1.29, 1.82) is 0 Å². The Morgan fingerprint density at radius 3 is 2.88 bits per heavy atom. The fraction of sp³-hybridized carbons (Fsp3) is 0.400. The van der Waals surface area contributed by atoms with Crippen molar-refractivity contribution in [3.63, 3.8) is 0 Å². The zero-order valence-corrected chi connectivity index (χ0v) is 10.1. The van der Waals surface area contributed by atoms with Crippen molar-refractivity contribution in [3.05, 3.63) is 28.6 Å². The van der Waals surface area contributed by atoms with Gasteiger partial charge in [-0.3, -0.25) is 4.90 Å². The highest BCUT2D eigenvalue weighted by atomic mass is 32.1. The van der Waals surface area contributed by atoms with Crippen LogP contribution in [0.4, 0.5) is 5.13 Å². The molecule has 0 unspecified atom stereocenters. The summed E-state index contributed by atoms with van der Waals surface area (Å²) in [5.41, 5.74) is 6.51. The van der Waals surface area contributed by atoms with Gasteiger partial charge in [-0.1, -0.05) is 5.16 Å². The predicted molar refractivity (Wildman–Crippen MR) is 62.9 cm³/mol. The topological polar surface area (TPSA) is 68.2 Å². The molecule has 5 nitrogen and oxygen atoms in total. The van der Waals surface area contributed by atoms with Gasteiger partial charge in [-0.15, -0.1) is 11.3 Å². The zero-order chi connectivity index (χ0) is 11.5. The van der Waals surface area contributed by atoms with Crippen LogP contribution in [0, 0.1) is 6.92 Å². The molecule has 0 radical (unpaired) electrons. The van der Waals surface area contributed by atoms with Gasteiger partial charge in [0.2, 0.25) is 0 Å². The zero-order valence-electron chi connectivity index (χ0n) is 9.30. The summed E-state index contributed by atoms with van der Waals surface area (Å²) in [6, 6.07) is 1.94. The SMILES string of the molecule is Cc1cc(CN(C)Cc2cnc(N)s2)no1. The average Bonchev–Trinajstić information content (AvgIpc) is 2.76. The largest absolute Gasteiger partial charge is 0.375 e. The molecule has 0 aliphatic rings. The van der Waals surface area contributed by atoms with Gasteiger partial charge in [-0.25, -0.2) is 4.98 Å². The van der Waals surface area contributed by atoms with Crippen LogP contribution in [-0.4, -0.2) is 22.1 Å². The van der Waals surface area contributed by atoms with Gasteiger partial charge in [0, 0.05) is 30.2 Å². The monoisotopic (exact) mass is 238 g/mol. The third kappa shape index (κ3) is 2.80. The summed E-state index contributed by atoms with van der Waals surface area (Å²) in [4.78, 5) is 7.31. The van der Waals surface area contributed by atoms with Gasteiger partial charge in [0.25, 0.3) is 0 Å². The predicted octanol–water partition coefficient (Wildman–Crippen LogP) is 1.65. The van der Waals surface area contributed by atoms with Crippen LogP contribution in [0.25, 0.3) is 0 Å². The van der Waals surface area contributed by atoms with Crippen LogP contribution < -0.4 is 5.73 Å². The maximum atomic E-state index is 5.57. The summed E-state index contributed by atoms with van der Waals surface area (Å²) in [5, 5.41) is 4.56. The van der Waals surface area contributed by atoms with Gasteiger partial charge >= 0.3 is 0 Å². The second kappa shape index (κ2) is 4.63. The van der Waals surface area contributed by atoms with Crippen molar-refractivity contribution in [2.75, 3.05) is 12.8 Å². The highest BCUT2D eigenvalue weighted by Crippen LogP contribution is 2.16. The molecule has 0 fully saturated rings. The van der Waals surface area contributed by atoms with Gasteiger partial charge in [0.15, 0.2) is 5.13 Å². The number of nitrogens with zero attached hydrogens (tertiary/aromatic N) is 3. The summed E-state index contributed by atoms with van der Waals surface area (Å²) in [7, 11) is 2.03. The first-order valence-electron chi connectivity index (χ1n) is 4.94. The van der Waals surface area contributed by atoms with E-state index in [9.17, 15) is 0 Å². The second-order valence-corrected chi connectivity index (χ2v) is 4.91. The Balaban J connectivity index is 1.91. The molecule has 16 heavy (non-hydrogen) atoms. The van der Waals surface area contributed by atoms with Crippen molar-refractivity contribution in [3.8, 4) is 0 Å². The molecule has 2 aromatic rings. The standard InChI is InChI=1S/C10H14N4OS/c1-7-3-8(13-15-7)5-14(2)6-9-4-12-10(11)16-9/h3-4H,5-6H2,1-2H3,(H2,11,12). The van der Waals surface area contributed by atoms with Crippen LogP contribution in [0.2, 0.25) is 0 Å². The number of rotatable bonds is 4. The Hall–Kier alpha value is -1.40. The maximum Gasteiger partial charge on any atom is 0.180 e. The quantitative estimate of drug-likeness (QED) is 0.877. The summed E-state index contributed by atoms with van der Waals surface area (Å²) in [6.07, 6.45) is 1.81. The minimum absolute atomic E-state index is 0.612. The molecule has 2 heterocycles. The normalized spacial score (nSPS) is 11.2. The van der Waals surface area contributed by atoms with E-state index in [1.807, 2.05) is 26.2 Å². The minimum atomic E-state index is 0.612. The summed E-state index contributed by atoms with van der Waals surface area (Å²) in [6.45, 7) is 3.47. The van der Waals surface area contributed by atoms with Crippen molar-refractivity contribution in [2.24, 2.45) is 0 Å². The second-order valence-electron chi connectivity index (χ2n) is 3.77. The fourth-order valence-electron chi connectivity index (χ4n) is 1.49. The molecule has 0 spiro atoms. The van der Waals surface area contributed by atoms with Crippen molar-refractivity contribution in [2.45, 2.75) is 20.0 Å². The third-order valence-electron chi connectivity index (χ3n) is 2.11. The molecule has 0 atom stereocenters. The lowest BCUT2D eigenvalue weighted by atomic mass is 10.3. The van der Waals surface area contributed by atoms with Gasteiger partial charge in [-0.2, -0.15) is 0 Å². The molecule has 0 saturated carbocycles. The number of nitrogens with two attached hydrogens (primary N) is 1. The van der Waals surface area contributed by atoms with E-state index in [0.29, 0.717) is 5.13 Å². The van der Waals surface area contributed by atoms with Gasteiger partial charge in [0.1, 0.15) is 5.76 Å². The van der Waals surface area contributed by atoms with Crippen LogP contribution in [0.15, 0.2) is 16.8 Å². The maximum absolute atomic E-state index is 5.57. The molecule has 2 N–H and O–H groups in total. The molecular formula is C10H14N4OS. The van der Waals surface area contributed by atoms with Crippen molar-refractivity contribution in [1.82, 2.24) is 15.0 Å². The van der Waals surface area contributed by atoms with E-state index in [4.69, 9.17) is 10.3 Å². The Morgan fingerprint density at radius 2 is 2.31 bits per heavy atom. The highest BCUT2D eigenvalue weighted by molar-refractivity contribution is 7.15. The summed E-state index contributed by atoms with van der Waals surface area (Å²) in [5.74, 6) is 0.838. The molecular weight excluding hydrogens is 224 g/mol. The Bertz CT molecular complexity index is 423. The van der Waals surface area contributed by atoms with E-state index in [1.54, 1.807) is 0 Å². The van der Waals surface area contributed by atoms with Crippen LogP contribution in [0.1, 0.15) is 16.3 Å². The van der Waals surface area contributed by atoms with Crippen LogP contribution in [0.3, 0.4) is 0 Å². The lowest BCUT2D eigenvalue weighted by molar-refractivity contribution is 0.304. The number of thiazole rings is 1. The molecule has 0 aromatic carbocycles. The van der Waals surface area contributed by atoms with E-state index >= 15 is 0 Å². The number of aromatic nitrogens is 2. The molecule has 2 rings (SSSR count). The number of hydrogen-bond donors (Lipinski definition) is 1. The highest BCUT2D eigenvalue weighted by Gasteiger charge is 2.07. The fourth-order valence-corrected chi connectivity index (χ4v) is 2.25. The molecule has 2 aromatic heterocycles. The number of nitrogen functional groups attached to an aromatic ring is 1. The van der Waals surface area contributed by atoms with E-state index in [-0.39, 0.29) is 0 Å². The lowest BCUT2D eigenvalue weighted by Gasteiger charge is -2.12. The number of anilines is 1. The third-order valence-corrected chi connectivity index (χ3v) is 2.92. The minimum Gasteiger partial charge on any atom is -0.375 e. The van der Waals surface area contributed by atoms with Crippen LogP contribution >= 0.6 is 11.3 Å².